The maximum absolute atomic E-state index is 11.9. The maximum Gasteiger partial charge on any atom is 0.224 e. The number of carbonyl (C=O) groups is 1. The third-order valence-corrected chi connectivity index (χ3v) is 3.73. The largest absolute Gasteiger partial charge is 0.353 e. The van der Waals surface area contributed by atoms with Gasteiger partial charge in [0.2, 0.25) is 5.91 Å². The van der Waals surface area contributed by atoms with Crippen molar-refractivity contribution in [3.63, 3.8) is 0 Å². The smallest absolute Gasteiger partial charge is 0.224 e. The minimum absolute atomic E-state index is 0. The Morgan fingerprint density at radius 2 is 1.65 bits per heavy atom. The summed E-state index contributed by atoms with van der Waals surface area (Å²) in [5.74, 6) is 1.47. The molecule has 3 N–H and O–H groups in total. The lowest BCUT2D eigenvalue weighted by Gasteiger charge is -2.32. The molecule has 4 unspecified atom stereocenters. The molecular formula is C13H27ClN2O. The van der Waals surface area contributed by atoms with Gasteiger partial charge < -0.3 is 11.1 Å². The number of halogens is 1. The molecule has 17 heavy (non-hydrogen) atoms. The van der Waals surface area contributed by atoms with E-state index in [4.69, 9.17) is 5.73 Å². The van der Waals surface area contributed by atoms with Gasteiger partial charge in [-0.05, 0) is 38.0 Å². The zero-order valence-electron chi connectivity index (χ0n) is 11.4. The first-order chi connectivity index (χ1) is 7.40. The molecule has 0 radical (unpaired) electrons. The second-order valence-electron chi connectivity index (χ2n) is 5.77. The Balaban J connectivity index is 0.00000256. The molecule has 4 atom stereocenters. The molecule has 1 aliphatic rings. The van der Waals surface area contributed by atoms with Crippen LogP contribution in [0.1, 0.15) is 47.0 Å². The van der Waals surface area contributed by atoms with Gasteiger partial charge in [-0.2, -0.15) is 0 Å². The molecule has 1 rings (SSSR count). The Morgan fingerprint density at radius 3 is 2.06 bits per heavy atom. The summed E-state index contributed by atoms with van der Waals surface area (Å²) in [6.07, 6.45) is 3.51. The molecule has 0 aromatic carbocycles. The molecule has 1 saturated carbocycles. The van der Waals surface area contributed by atoms with Crippen molar-refractivity contribution in [3.05, 3.63) is 0 Å². The number of nitrogens with one attached hydrogen (secondary N) is 1. The Labute approximate surface area is 111 Å². The van der Waals surface area contributed by atoms with Gasteiger partial charge in [-0.15, -0.1) is 12.4 Å². The highest BCUT2D eigenvalue weighted by Crippen LogP contribution is 2.28. The summed E-state index contributed by atoms with van der Waals surface area (Å²) in [5.41, 5.74) is 5.74. The molecule has 0 aromatic rings. The van der Waals surface area contributed by atoms with Gasteiger partial charge in [0, 0.05) is 18.0 Å². The van der Waals surface area contributed by atoms with Crippen molar-refractivity contribution in [2.45, 2.75) is 59.0 Å². The summed E-state index contributed by atoms with van der Waals surface area (Å²) in [6, 6.07) is 0.283. The van der Waals surface area contributed by atoms with Crippen LogP contribution in [-0.4, -0.2) is 18.0 Å². The zero-order chi connectivity index (χ0) is 12.3. The second kappa shape index (κ2) is 7.22. The number of hydrogen-bond acceptors (Lipinski definition) is 2. The Morgan fingerprint density at radius 1 is 1.18 bits per heavy atom. The van der Waals surface area contributed by atoms with Crippen LogP contribution in [-0.2, 0) is 4.79 Å². The van der Waals surface area contributed by atoms with Crippen molar-refractivity contribution in [1.29, 1.82) is 0 Å². The standard InChI is InChI=1S/C13H26N2O.ClH/c1-8-5-9(2)7-12(6-8)15-13(16)10(3)11(4)14;/h8-12H,5-7,14H2,1-4H3,(H,15,16);1H. The Hall–Kier alpha value is -0.280. The normalized spacial score (nSPS) is 32.2. The number of nitrogens with two attached hydrogens (primary N) is 1. The lowest BCUT2D eigenvalue weighted by molar-refractivity contribution is -0.126. The molecule has 102 valence electrons. The first-order valence-electron chi connectivity index (χ1n) is 6.46. The summed E-state index contributed by atoms with van der Waals surface area (Å²) in [6.45, 7) is 8.32. The van der Waals surface area contributed by atoms with Crippen LogP contribution < -0.4 is 11.1 Å². The molecule has 3 nitrogen and oxygen atoms in total. The predicted octanol–water partition coefficient (Wildman–Crippen LogP) is 2.33. The molecule has 1 fully saturated rings. The van der Waals surface area contributed by atoms with Crippen LogP contribution in [0, 0.1) is 17.8 Å². The molecule has 1 aliphatic carbocycles. The van der Waals surface area contributed by atoms with Crippen molar-refractivity contribution in [1.82, 2.24) is 5.32 Å². The summed E-state index contributed by atoms with van der Waals surface area (Å²) in [7, 11) is 0. The summed E-state index contributed by atoms with van der Waals surface area (Å²) in [4.78, 5) is 11.9. The lowest BCUT2D eigenvalue weighted by atomic mass is 9.80. The molecule has 0 aliphatic heterocycles. The van der Waals surface area contributed by atoms with E-state index in [1.807, 2.05) is 13.8 Å². The number of amides is 1. The molecule has 0 heterocycles. The van der Waals surface area contributed by atoms with Gasteiger partial charge in [0.15, 0.2) is 0 Å². The molecule has 1 amide bonds. The second-order valence-corrected chi connectivity index (χ2v) is 5.77. The van der Waals surface area contributed by atoms with E-state index in [0.29, 0.717) is 6.04 Å². The van der Waals surface area contributed by atoms with Crippen molar-refractivity contribution in [2.75, 3.05) is 0 Å². The van der Waals surface area contributed by atoms with Crippen molar-refractivity contribution in [2.24, 2.45) is 23.5 Å². The third kappa shape index (κ3) is 5.26. The first-order valence-corrected chi connectivity index (χ1v) is 6.46. The first kappa shape index (κ1) is 16.7. The van der Waals surface area contributed by atoms with Gasteiger partial charge in [-0.1, -0.05) is 20.8 Å². The quantitative estimate of drug-likeness (QED) is 0.820. The van der Waals surface area contributed by atoms with Gasteiger partial charge in [-0.3, -0.25) is 4.79 Å². The average molecular weight is 263 g/mol. The summed E-state index contributed by atoms with van der Waals surface area (Å²) >= 11 is 0. The van der Waals surface area contributed by atoms with Crippen molar-refractivity contribution >= 4 is 18.3 Å². The molecule has 0 saturated heterocycles. The van der Waals surface area contributed by atoms with E-state index in [-0.39, 0.29) is 30.3 Å². The van der Waals surface area contributed by atoms with Gasteiger partial charge in [-0.25, -0.2) is 0 Å². The molecule has 0 spiro atoms. The van der Waals surface area contributed by atoms with Crippen LogP contribution in [0.25, 0.3) is 0 Å². The van der Waals surface area contributed by atoms with Crippen LogP contribution in [0.15, 0.2) is 0 Å². The topological polar surface area (TPSA) is 55.1 Å². The van der Waals surface area contributed by atoms with Crippen LogP contribution in [0.2, 0.25) is 0 Å². The minimum Gasteiger partial charge on any atom is -0.353 e. The monoisotopic (exact) mass is 262 g/mol. The van der Waals surface area contributed by atoms with E-state index in [0.717, 1.165) is 24.7 Å². The van der Waals surface area contributed by atoms with Gasteiger partial charge in [0.25, 0.3) is 0 Å². The highest BCUT2D eigenvalue weighted by molar-refractivity contribution is 5.85. The van der Waals surface area contributed by atoms with E-state index in [1.165, 1.54) is 6.42 Å². The van der Waals surface area contributed by atoms with E-state index >= 15 is 0 Å². The fourth-order valence-corrected chi connectivity index (χ4v) is 2.64. The number of carbonyl (C=O) groups excluding carboxylic acids is 1. The summed E-state index contributed by atoms with van der Waals surface area (Å²) in [5, 5.41) is 3.14. The van der Waals surface area contributed by atoms with E-state index in [2.05, 4.69) is 19.2 Å². The number of hydrogen-bond donors (Lipinski definition) is 2. The molecule has 0 bridgehead atoms. The zero-order valence-corrected chi connectivity index (χ0v) is 12.2. The lowest BCUT2D eigenvalue weighted by Crippen LogP contribution is -2.45. The SMILES string of the molecule is CC1CC(C)CC(NC(=O)C(C)C(C)N)C1.Cl. The van der Waals surface area contributed by atoms with Crippen molar-refractivity contribution in [3.8, 4) is 0 Å². The molecular weight excluding hydrogens is 236 g/mol. The van der Waals surface area contributed by atoms with Crippen LogP contribution >= 0.6 is 12.4 Å². The number of rotatable bonds is 3. The maximum atomic E-state index is 11.9. The van der Waals surface area contributed by atoms with Crippen molar-refractivity contribution < 1.29 is 4.79 Å². The minimum atomic E-state index is -0.0902. The van der Waals surface area contributed by atoms with Gasteiger partial charge in [0.1, 0.15) is 0 Å². The van der Waals surface area contributed by atoms with Crippen LogP contribution in [0.5, 0.6) is 0 Å². The molecule has 4 heteroatoms. The van der Waals surface area contributed by atoms with Crippen LogP contribution in [0.3, 0.4) is 0 Å². The predicted molar refractivity (Wildman–Crippen MR) is 74.2 cm³/mol. The summed E-state index contributed by atoms with van der Waals surface area (Å²) < 4.78 is 0. The Kier molecular flexibility index (Phi) is 7.10. The highest BCUT2D eigenvalue weighted by Gasteiger charge is 2.27. The van der Waals surface area contributed by atoms with Crippen LogP contribution in [0.4, 0.5) is 0 Å². The highest BCUT2D eigenvalue weighted by atomic mass is 35.5. The van der Waals surface area contributed by atoms with Gasteiger partial charge >= 0.3 is 0 Å². The molecule has 0 aromatic heterocycles. The fraction of sp³-hybridized carbons (Fsp3) is 0.923. The van der Waals surface area contributed by atoms with E-state index in [9.17, 15) is 4.79 Å². The van der Waals surface area contributed by atoms with Gasteiger partial charge in [0.05, 0.1) is 0 Å². The fourth-order valence-electron chi connectivity index (χ4n) is 2.64. The third-order valence-electron chi connectivity index (χ3n) is 3.73. The Bertz CT molecular complexity index is 236. The van der Waals surface area contributed by atoms with E-state index < -0.39 is 0 Å². The average Bonchev–Trinajstić information content (AvgIpc) is 2.14. The van der Waals surface area contributed by atoms with E-state index in [1.54, 1.807) is 0 Å².